The minimum absolute atomic E-state index is 0.0316. The van der Waals surface area contributed by atoms with Crippen molar-refractivity contribution in [3.8, 4) is 11.1 Å². The highest BCUT2D eigenvalue weighted by atomic mass is 79.9. The number of rotatable bonds is 2. The zero-order valence-corrected chi connectivity index (χ0v) is 13.5. The second-order valence-electron chi connectivity index (χ2n) is 4.07. The van der Waals surface area contributed by atoms with E-state index < -0.39 is 17.7 Å². The van der Waals surface area contributed by atoms with Crippen molar-refractivity contribution in [2.24, 2.45) is 0 Å². The zero-order valence-electron chi connectivity index (χ0n) is 11.9. The van der Waals surface area contributed by atoms with Gasteiger partial charge in [0.25, 0.3) is 0 Å². The minimum Gasteiger partial charge on any atom is -0.478 e. The van der Waals surface area contributed by atoms with Gasteiger partial charge in [0.2, 0.25) is 0 Å². The van der Waals surface area contributed by atoms with Gasteiger partial charge in [0, 0.05) is 4.47 Å². The smallest absolute Gasteiger partial charge is 0.417 e. The number of carbonyl (C=O) groups is 1. The molecule has 2 aromatic rings. The van der Waals surface area contributed by atoms with Crippen molar-refractivity contribution in [2.75, 3.05) is 0 Å². The van der Waals surface area contributed by atoms with Crippen molar-refractivity contribution in [3.63, 3.8) is 0 Å². The fourth-order valence-electron chi connectivity index (χ4n) is 1.73. The van der Waals surface area contributed by atoms with E-state index in [1.165, 1.54) is 36.4 Å². The van der Waals surface area contributed by atoms with Gasteiger partial charge in [-0.25, -0.2) is 4.79 Å². The van der Waals surface area contributed by atoms with E-state index in [2.05, 4.69) is 15.9 Å². The monoisotopic (exact) mass is 374 g/mol. The molecule has 0 radical (unpaired) electrons. The van der Waals surface area contributed by atoms with Crippen molar-refractivity contribution in [2.45, 2.75) is 20.0 Å². The Hall–Kier alpha value is -1.82. The van der Waals surface area contributed by atoms with E-state index >= 15 is 0 Å². The van der Waals surface area contributed by atoms with E-state index in [-0.39, 0.29) is 10.0 Å². The molecule has 0 heterocycles. The summed E-state index contributed by atoms with van der Waals surface area (Å²) in [5, 5.41) is 8.78. The molecule has 2 nitrogen and oxygen atoms in total. The first-order valence-electron chi connectivity index (χ1n) is 6.49. The summed E-state index contributed by atoms with van der Waals surface area (Å²) in [6.45, 7) is 4.00. The maximum Gasteiger partial charge on any atom is 0.417 e. The van der Waals surface area contributed by atoms with Crippen LogP contribution in [0, 0.1) is 0 Å². The van der Waals surface area contributed by atoms with Crippen LogP contribution in [0.1, 0.15) is 29.8 Å². The standard InChI is InChI=1S/C14H8BrF3O2.C2H6/c15-12-6-5-10(7-11(12)14(16,17)18)8-1-3-9(4-2-8)13(19)20;1-2/h1-7H,(H,19,20);1-2H3. The first-order chi connectivity index (χ1) is 10.3. The molecule has 6 heteroatoms. The summed E-state index contributed by atoms with van der Waals surface area (Å²) in [5.41, 5.74) is 0.213. The second kappa shape index (κ2) is 7.45. The van der Waals surface area contributed by atoms with Crippen molar-refractivity contribution >= 4 is 21.9 Å². The molecular formula is C16H14BrF3O2. The number of alkyl halides is 3. The molecule has 0 aliphatic carbocycles. The van der Waals surface area contributed by atoms with Gasteiger partial charge in [-0.15, -0.1) is 0 Å². The lowest BCUT2D eigenvalue weighted by molar-refractivity contribution is -0.138. The third kappa shape index (κ3) is 4.34. The van der Waals surface area contributed by atoms with Gasteiger partial charge in [-0.3, -0.25) is 0 Å². The Kier molecular flexibility index (Phi) is 6.17. The average molecular weight is 375 g/mol. The maximum absolute atomic E-state index is 12.8. The van der Waals surface area contributed by atoms with Gasteiger partial charge in [0.05, 0.1) is 11.1 Å². The third-order valence-electron chi connectivity index (χ3n) is 2.74. The lowest BCUT2D eigenvalue weighted by atomic mass is 10.0. The number of aromatic carboxylic acids is 1. The molecule has 0 spiro atoms. The van der Waals surface area contributed by atoms with Gasteiger partial charge in [0.1, 0.15) is 0 Å². The lowest BCUT2D eigenvalue weighted by Gasteiger charge is -2.11. The van der Waals surface area contributed by atoms with Crippen LogP contribution in [0.25, 0.3) is 11.1 Å². The van der Waals surface area contributed by atoms with E-state index in [1.807, 2.05) is 13.8 Å². The Bertz CT molecular complexity index is 649. The summed E-state index contributed by atoms with van der Waals surface area (Å²) in [5.74, 6) is -1.08. The Labute approximate surface area is 134 Å². The molecule has 0 saturated carbocycles. The number of halogens is 4. The van der Waals surface area contributed by atoms with Gasteiger partial charge in [0.15, 0.2) is 0 Å². The molecule has 0 atom stereocenters. The second-order valence-corrected chi connectivity index (χ2v) is 4.93. The maximum atomic E-state index is 12.8. The van der Waals surface area contributed by atoms with Crippen LogP contribution in [0.4, 0.5) is 13.2 Å². The minimum atomic E-state index is -4.45. The van der Waals surface area contributed by atoms with Gasteiger partial charge in [-0.05, 0) is 35.4 Å². The highest BCUT2D eigenvalue weighted by Crippen LogP contribution is 2.37. The van der Waals surface area contributed by atoms with E-state index in [1.54, 1.807) is 0 Å². The highest BCUT2D eigenvalue weighted by Gasteiger charge is 2.33. The molecule has 22 heavy (non-hydrogen) atoms. The van der Waals surface area contributed by atoms with Crippen LogP contribution in [0.15, 0.2) is 46.9 Å². The largest absolute Gasteiger partial charge is 0.478 e. The molecule has 0 aromatic heterocycles. The number of hydrogen-bond acceptors (Lipinski definition) is 1. The fraction of sp³-hybridized carbons (Fsp3) is 0.188. The number of benzene rings is 2. The Balaban J connectivity index is 0.00000116. The Morgan fingerprint density at radius 2 is 1.50 bits per heavy atom. The molecule has 0 amide bonds. The molecular weight excluding hydrogens is 361 g/mol. The van der Waals surface area contributed by atoms with Crippen molar-refractivity contribution in [1.82, 2.24) is 0 Å². The summed E-state index contributed by atoms with van der Waals surface area (Å²) >= 11 is 2.87. The number of carboxylic acids is 1. The summed E-state index contributed by atoms with van der Waals surface area (Å²) in [7, 11) is 0. The quantitative estimate of drug-likeness (QED) is 0.714. The van der Waals surface area contributed by atoms with Gasteiger partial charge < -0.3 is 5.11 Å². The van der Waals surface area contributed by atoms with Crippen LogP contribution in [-0.4, -0.2) is 11.1 Å². The van der Waals surface area contributed by atoms with Crippen molar-refractivity contribution in [1.29, 1.82) is 0 Å². The van der Waals surface area contributed by atoms with Crippen LogP contribution < -0.4 is 0 Å². The lowest BCUT2D eigenvalue weighted by Crippen LogP contribution is -2.06. The van der Waals surface area contributed by atoms with Crippen molar-refractivity contribution in [3.05, 3.63) is 58.1 Å². The fourth-order valence-corrected chi connectivity index (χ4v) is 2.20. The van der Waals surface area contributed by atoms with Gasteiger partial charge >= 0.3 is 12.1 Å². The molecule has 0 bridgehead atoms. The Morgan fingerprint density at radius 1 is 1.00 bits per heavy atom. The van der Waals surface area contributed by atoms with Crippen molar-refractivity contribution < 1.29 is 23.1 Å². The zero-order chi connectivity index (χ0) is 16.9. The van der Waals surface area contributed by atoms with Crippen LogP contribution in [0.5, 0.6) is 0 Å². The molecule has 0 aliphatic heterocycles. The molecule has 1 N–H and O–H groups in total. The Morgan fingerprint density at radius 3 is 1.95 bits per heavy atom. The molecule has 0 aliphatic rings. The predicted molar refractivity (Wildman–Crippen MR) is 82.9 cm³/mol. The molecule has 0 saturated heterocycles. The van der Waals surface area contributed by atoms with E-state index in [9.17, 15) is 18.0 Å². The van der Waals surface area contributed by atoms with Crippen LogP contribution in [0.3, 0.4) is 0 Å². The van der Waals surface area contributed by atoms with Gasteiger partial charge in [-0.2, -0.15) is 13.2 Å². The molecule has 0 fully saturated rings. The van der Waals surface area contributed by atoms with Crippen LogP contribution >= 0.6 is 15.9 Å². The van der Waals surface area contributed by atoms with E-state index in [4.69, 9.17) is 5.11 Å². The summed E-state index contributed by atoms with van der Waals surface area (Å²) < 4.78 is 38.4. The first-order valence-corrected chi connectivity index (χ1v) is 7.29. The van der Waals surface area contributed by atoms with Gasteiger partial charge in [-0.1, -0.05) is 48.0 Å². The summed E-state index contributed by atoms with van der Waals surface area (Å²) in [6.07, 6.45) is -4.45. The topological polar surface area (TPSA) is 37.3 Å². The first kappa shape index (κ1) is 18.2. The van der Waals surface area contributed by atoms with E-state index in [0.29, 0.717) is 11.1 Å². The number of carboxylic acid groups (broad SMARTS) is 1. The molecule has 2 aromatic carbocycles. The number of hydrogen-bond donors (Lipinski definition) is 1. The molecule has 0 unspecified atom stereocenters. The third-order valence-corrected chi connectivity index (χ3v) is 3.43. The summed E-state index contributed by atoms with van der Waals surface area (Å²) in [6, 6.07) is 9.55. The highest BCUT2D eigenvalue weighted by molar-refractivity contribution is 9.10. The van der Waals surface area contributed by atoms with E-state index in [0.717, 1.165) is 6.07 Å². The molecule has 2 rings (SSSR count). The summed E-state index contributed by atoms with van der Waals surface area (Å²) in [4.78, 5) is 10.7. The van der Waals surface area contributed by atoms with Crippen LogP contribution in [-0.2, 0) is 6.18 Å². The molecule has 118 valence electrons. The normalized spacial score (nSPS) is 10.6. The van der Waals surface area contributed by atoms with Crippen LogP contribution in [0.2, 0.25) is 0 Å². The average Bonchev–Trinajstić information content (AvgIpc) is 2.49. The predicted octanol–water partition coefficient (Wildman–Crippen LogP) is 5.86. The SMILES string of the molecule is CC.O=C(O)c1ccc(-c2ccc(Br)c(C(F)(F)F)c2)cc1.